The molecule has 2 unspecified atom stereocenters. The second-order valence-corrected chi connectivity index (χ2v) is 4.00. The van der Waals surface area contributed by atoms with Crippen molar-refractivity contribution in [1.29, 1.82) is 0 Å². The number of hydrogen-bond donors (Lipinski definition) is 2. The van der Waals surface area contributed by atoms with Gasteiger partial charge in [-0.25, -0.2) is 0 Å². The second-order valence-electron chi connectivity index (χ2n) is 3.61. The zero-order valence-corrected chi connectivity index (χ0v) is 9.10. The second kappa shape index (κ2) is 4.77. The van der Waals surface area contributed by atoms with Crippen LogP contribution in [0.5, 0.6) is 0 Å². The largest absolute Gasteiger partial charge is 0.373 e. The number of unbranched alkanes of at least 4 members (excludes halogenated alkanes) is 1. The van der Waals surface area contributed by atoms with Crippen LogP contribution in [0.1, 0.15) is 33.1 Å². The molecule has 1 rings (SSSR count). The Morgan fingerprint density at radius 3 is 2.92 bits per heavy atom. The summed E-state index contributed by atoms with van der Waals surface area (Å²) in [4.78, 5) is 1.87. The molecule has 0 saturated carbocycles. The molecule has 4 heteroatoms. The van der Waals surface area contributed by atoms with Gasteiger partial charge in [0.2, 0.25) is 0 Å². The van der Waals surface area contributed by atoms with E-state index in [0.717, 1.165) is 25.8 Å². The van der Waals surface area contributed by atoms with E-state index in [1.165, 1.54) is 0 Å². The van der Waals surface area contributed by atoms with E-state index in [1.54, 1.807) is 0 Å². The van der Waals surface area contributed by atoms with Crippen LogP contribution in [0.4, 0.5) is 0 Å². The number of rotatable bonds is 3. The summed E-state index contributed by atoms with van der Waals surface area (Å²) >= 11 is 5.15. The van der Waals surface area contributed by atoms with Crippen molar-refractivity contribution in [3.05, 3.63) is 0 Å². The fraction of sp³-hybridized carbons (Fsp3) is 0.889. The number of aliphatic hydroxyl groups is 1. The maximum atomic E-state index is 9.73. The topological polar surface area (TPSA) is 35.5 Å². The Hall–Kier alpha value is -0.350. The molecule has 0 spiro atoms. The van der Waals surface area contributed by atoms with Gasteiger partial charge < -0.3 is 15.3 Å². The Bertz CT molecular complexity index is 186. The Labute approximate surface area is 85.1 Å². The molecule has 3 nitrogen and oxygen atoms in total. The third kappa shape index (κ3) is 2.81. The van der Waals surface area contributed by atoms with Crippen LogP contribution in [0.3, 0.4) is 0 Å². The maximum Gasteiger partial charge on any atom is 0.171 e. The first-order chi connectivity index (χ1) is 6.15. The van der Waals surface area contributed by atoms with Crippen LogP contribution in [0.15, 0.2) is 0 Å². The third-order valence-corrected chi connectivity index (χ3v) is 2.66. The van der Waals surface area contributed by atoms with E-state index in [-0.39, 0.29) is 0 Å². The van der Waals surface area contributed by atoms with Crippen LogP contribution < -0.4 is 5.32 Å². The first kappa shape index (κ1) is 10.7. The lowest BCUT2D eigenvalue weighted by atomic mass is 10.1. The fourth-order valence-electron chi connectivity index (χ4n) is 1.51. The van der Waals surface area contributed by atoms with Gasteiger partial charge in [-0.2, -0.15) is 0 Å². The predicted molar refractivity (Wildman–Crippen MR) is 57.4 cm³/mol. The van der Waals surface area contributed by atoms with Crippen LogP contribution in [0.2, 0.25) is 0 Å². The van der Waals surface area contributed by atoms with Crippen molar-refractivity contribution in [2.45, 2.75) is 45.4 Å². The molecule has 0 aromatic carbocycles. The zero-order chi connectivity index (χ0) is 9.84. The molecule has 0 aliphatic carbocycles. The number of aliphatic hydroxyl groups excluding tert-OH is 1. The minimum atomic E-state index is -0.393. The highest BCUT2D eigenvalue weighted by Gasteiger charge is 2.26. The Morgan fingerprint density at radius 1 is 1.69 bits per heavy atom. The highest BCUT2D eigenvalue weighted by atomic mass is 32.1. The average molecular weight is 202 g/mol. The van der Waals surface area contributed by atoms with Crippen LogP contribution in [-0.4, -0.2) is 33.9 Å². The van der Waals surface area contributed by atoms with Crippen molar-refractivity contribution in [3.63, 3.8) is 0 Å². The van der Waals surface area contributed by atoms with Crippen molar-refractivity contribution >= 4 is 17.3 Å². The summed E-state index contributed by atoms with van der Waals surface area (Å²) in [6.45, 7) is 5.03. The highest BCUT2D eigenvalue weighted by Crippen LogP contribution is 2.12. The van der Waals surface area contributed by atoms with Gasteiger partial charge in [-0.05, 0) is 25.6 Å². The minimum absolute atomic E-state index is 0.292. The number of hydrogen-bond acceptors (Lipinski definition) is 2. The van der Waals surface area contributed by atoms with Crippen LogP contribution in [0.25, 0.3) is 0 Å². The first-order valence-corrected chi connectivity index (χ1v) is 5.31. The molecular weight excluding hydrogens is 184 g/mol. The minimum Gasteiger partial charge on any atom is -0.373 e. The Morgan fingerprint density at radius 2 is 2.38 bits per heavy atom. The zero-order valence-electron chi connectivity index (χ0n) is 8.29. The fourth-order valence-corrected chi connectivity index (χ4v) is 1.92. The normalized spacial score (nSPS) is 28.8. The van der Waals surface area contributed by atoms with Crippen LogP contribution >= 0.6 is 12.2 Å². The standard InChI is InChI=1S/C9H18N2OS/c1-3-4-5-11-8(12)6-7(2)10-9(11)13/h7-8,12H,3-6H2,1-2H3,(H,10,13). The van der Waals surface area contributed by atoms with E-state index in [4.69, 9.17) is 12.2 Å². The molecular formula is C9H18N2OS. The van der Waals surface area contributed by atoms with E-state index < -0.39 is 6.23 Å². The van der Waals surface area contributed by atoms with E-state index >= 15 is 0 Å². The third-order valence-electron chi connectivity index (χ3n) is 2.31. The van der Waals surface area contributed by atoms with E-state index in [1.807, 2.05) is 11.8 Å². The summed E-state index contributed by atoms with van der Waals surface area (Å²) < 4.78 is 0. The molecule has 1 saturated heterocycles. The number of nitrogens with one attached hydrogen (secondary N) is 1. The monoisotopic (exact) mass is 202 g/mol. The molecule has 0 radical (unpaired) electrons. The lowest BCUT2D eigenvalue weighted by Crippen LogP contribution is -2.55. The molecule has 0 aromatic heterocycles. The van der Waals surface area contributed by atoms with Gasteiger partial charge in [-0.3, -0.25) is 0 Å². The Balaban J connectivity index is 2.46. The Kier molecular flexibility index (Phi) is 3.93. The highest BCUT2D eigenvalue weighted by molar-refractivity contribution is 7.80. The van der Waals surface area contributed by atoms with Crippen molar-refractivity contribution in [3.8, 4) is 0 Å². The van der Waals surface area contributed by atoms with Gasteiger partial charge in [0.25, 0.3) is 0 Å². The van der Waals surface area contributed by atoms with Crippen molar-refractivity contribution in [2.24, 2.45) is 0 Å². The van der Waals surface area contributed by atoms with Gasteiger partial charge in [-0.15, -0.1) is 0 Å². The smallest absolute Gasteiger partial charge is 0.171 e. The summed E-state index contributed by atoms with van der Waals surface area (Å²) in [6.07, 6.45) is 2.56. The van der Waals surface area contributed by atoms with E-state index in [9.17, 15) is 5.11 Å². The summed E-state index contributed by atoms with van der Waals surface area (Å²) in [6, 6.07) is 0.292. The van der Waals surface area contributed by atoms with E-state index in [2.05, 4.69) is 12.2 Å². The summed E-state index contributed by atoms with van der Waals surface area (Å²) in [5, 5.41) is 13.6. The van der Waals surface area contributed by atoms with Crippen LogP contribution in [0, 0.1) is 0 Å². The van der Waals surface area contributed by atoms with Gasteiger partial charge in [-0.1, -0.05) is 13.3 Å². The van der Waals surface area contributed by atoms with Gasteiger partial charge in [0.05, 0.1) is 0 Å². The molecule has 0 aromatic rings. The van der Waals surface area contributed by atoms with Crippen molar-refractivity contribution in [2.75, 3.05) is 6.54 Å². The SMILES string of the molecule is CCCCN1C(=S)NC(C)CC1O. The molecule has 13 heavy (non-hydrogen) atoms. The molecule has 2 atom stereocenters. The van der Waals surface area contributed by atoms with Crippen molar-refractivity contribution in [1.82, 2.24) is 10.2 Å². The van der Waals surface area contributed by atoms with Gasteiger partial charge in [0.1, 0.15) is 6.23 Å². The lowest BCUT2D eigenvalue weighted by molar-refractivity contribution is 0.0251. The van der Waals surface area contributed by atoms with E-state index in [0.29, 0.717) is 11.2 Å². The molecule has 0 bridgehead atoms. The summed E-state index contributed by atoms with van der Waals surface area (Å²) in [5.74, 6) is 0. The average Bonchev–Trinajstić information content (AvgIpc) is 2.02. The summed E-state index contributed by atoms with van der Waals surface area (Å²) in [7, 11) is 0. The summed E-state index contributed by atoms with van der Waals surface area (Å²) in [5.41, 5.74) is 0. The molecule has 1 heterocycles. The lowest BCUT2D eigenvalue weighted by Gasteiger charge is -2.38. The molecule has 2 N–H and O–H groups in total. The number of nitrogens with zero attached hydrogens (tertiary/aromatic N) is 1. The number of thiocarbonyl (C=S) groups is 1. The van der Waals surface area contributed by atoms with Gasteiger partial charge in [0.15, 0.2) is 5.11 Å². The molecule has 0 amide bonds. The quantitative estimate of drug-likeness (QED) is 0.671. The molecule has 76 valence electrons. The van der Waals surface area contributed by atoms with Crippen LogP contribution in [-0.2, 0) is 0 Å². The molecule has 1 aliphatic rings. The maximum absolute atomic E-state index is 9.73. The molecule has 1 aliphatic heterocycles. The predicted octanol–water partition coefficient (Wildman–Crippen LogP) is 1.07. The van der Waals surface area contributed by atoms with Crippen molar-refractivity contribution < 1.29 is 5.11 Å². The first-order valence-electron chi connectivity index (χ1n) is 4.90. The molecule has 1 fully saturated rings. The van der Waals surface area contributed by atoms with Gasteiger partial charge >= 0.3 is 0 Å². The van der Waals surface area contributed by atoms with Gasteiger partial charge in [0, 0.05) is 19.0 Å².